The van der Waals surface area contributed by atoms with E-state index >= 15 is 0 Å². The van der Waals surface area contributed by atoms with Gasteiger partial charge in [0, 0.05) is 28.1 Å². The summed E-state index contributed by atoms with van der Waals surface area (Å²) in [5.41, 5.74) is -1.27. The Hall–Kier alpha value is -3.16. The molecule has 0 radical (unpaired) electrons. The van der Waals surface area contributed by atoms with E-state index in [4.69, 9.17) is 14.2 Å². The number of aliphatic carboxylic acids is 1. The molecule has 8 nitrogen and oxygen atoms in total. The molecule has 0 amide bonds. The molecule has 0 aromatic carbocycles. The summed E-state index contributed by atoms with van der Waals surface area (Å²) in [4.78, 5) is 49.8. The Morgan fingerprint density at radius 2 is 1.81 bits per heavy atom. The molecule has 0 aromatic rings. The van der Waals surface area contributed by atoms with Gasteiger partial charge in [-0.25, -0.2) is 14.4 Å². The number of hydrogen-bond donors (Lipinski definition) is 1. The normalized spacial score (nSPS) is 32.1. The van der Waals surface area contributed by atoms with Crippen molar-refractivity contribution in [2.24, 2.45) is 23.2 Å². The lowest BCUT2D eigenvalue weighted by atomic mass is 9.55. The van der Waals surface area contributed by atoms with E-state index in [1.807, 2.05) is 0 Å². The van der Waals surface area contributed by atoms with Crippen LogP contribution in [0.5, 0.6) is 0 Å². The molecule has 8 heteroatoms. The average Bonchev–Trinajstić information content (AvgIpc) is 2.73. The second kappa shape index (κ2) is 9.14. The highest BCUT2D eigenvalue weighted by atomic mass is 16.6. The first-order valence-electron chi connectivity index (χ1n) is 10.3. The number of carbonyl (C=O) groups excluding carboxylic acids is 3. The van der Waals surface area contributed by atoms with E-state index in [0.717, 1.165) is 0 Å². The number of ether oxygens (including phenoxy) is 3. The minimum absolute atomic E-state index is 0.0759. The van der Waals surface area contributed by atoms with Crippen molar-refractivity contribution in [1.82, 2.24) is 0 Å². The lowest BCUT2D eigenvalue weighted by molar-refractivity contribution is -0.224. The van der Waals surface area contributed by atoms with Gasteiger partial charge < -0.3 is 19.3 Å². The maximum absolute atomic E-state index is 12.6. The third-order valence-electron chi connectivity index (χ3n) is 6.33. The van der Waals surface area contributed by atoms with Crippen molar-refractivity contribution in [1.29, 1.82) is 0 Å². The van der Waals surface area contributed by atoms with Crippen LogP contribution in [0, 0.1) is 23.2 Å². The monoisotopic (exact) mass is 446 g/mol. The first-order valence-corrected chi connectivity index (χ1v) is 10.3. The molecule has 1 aliphatic carbocycles. The number of hydrogen-bond acceptors (Lipinski definition) is 7. The fraction of sp³-hybridized carbons (Fsp3) is 0.500. The fourth-order valence-corrected chi connectivity index (χ4v) is 4.22. The molecule has 1 saturated heterocycles. The maximum atomic E-state index is 12.6. The Balaban J connectivity index is 2.74. The first kappa shape index (κ1) is 25.1. The Morgan fingerprint density at radius 1 is 1.22 bits per heavy atom. The second-order valence-corrected chi connectivity index (χ2v) is 8.65. The largest absolute Gasteiger partial charge is 0.478 e. The summed E-state index contributed by atoms with van der Waals surface area (Å²) in [6, 6.07) is 0. The van der Waals surface area contributed by atoms with Gasteiger partial charge >= 0.3 is 23.9 Å². The number of carbonyl (C=O) groups is 4. The van der Waals surface area contributed by atoms with Crippen molar-refractivity contribution in [2.45, 2.75) is 52.9 Å². The van der Waals surface area contributed by atoms with Crippen LogP contribution in [-0.4, -0.2) is 47.3 Å². The minimum Gasteiger partial charge on any atom is -0.478 e. The number of carboxylic acids is 1. The van der Waals surface area contributed by atoms with E-state index in [-0.39, 0.29) is 11.1 Å². The molecule has 1 heterocycles. The van der Waals surface area contributed by atoms with E-state index in [1.54, 1.807) is 40.7 Å². The lowest BCUT2D eigenvalue weighted by Gasteiger charge is -2.56. The summed E-state index contributed by atoms with van der Waals surface area (Å²) in [6.45, 7) is 19.4. The van der Waals surface area contributed by atoms with Crippen LogP contribution < -0.4 is 0 Å². The molecule has 1 N–H and O–H groups in total. The van der Waals surface area contributed by atoms with Gasteiger partial charge in [-0.15, -0.1) is 6.58 Å². The van der Waals surface area contributed by atoms with Gasteiger partial charge in [-0.05, 0) is 13.8 Å². The van der Waals surface area contributed by atoms with Gasteiger partial charge in [-0.2, -0.15) is 0 Å². The third-order valence-corrected chi connectivity index (χ3v) is 6.33. The van der Waals surface area contributed by atoms with E-state index in [9.17, 15) is 24.3 Å². The third kappa shape index (κ3) is 4.13. The molecule has 0 spiro atoms. The molecule has 2 aliphatic rings. The Bertz CT molecular complexity index is 911. The van der Waals surface area contributed by atoms with Crippen LogP contribution in [-0.2, 0) is 33.4 Å². The first-order chi connectivity index (χ1) is 14.8. The predicted octanol–water partition coefficient (Wildman–Crippen LogP) is 2.99. The molecule has 174 valence electrons. The molecule has 2 bridgehead atoms. The Labute approximate surface area is 187 Å². The van der Waals surface area contributed by atoms with Gasteiger partial charge in [-0.3, -0.25) is 4.79 Å². The average molecular weight is 446 g/mol. The van der Waals surface area contributed by atoms with Crippen molar-refractivity contribution in [2.75, 3.05) is 0 Å². The lowest BCUT2D eigenvalue weighted by Crippen LogP contribution is -2.67. The summed E-state index contributed by atoms with van der Waals surface area (Å²) in [5.74, 6) is -5.86. The number of esters is 3. The standard InChI is InChI=1S/C24H30O8/c1-9-12(5)22(28)31-18-15-13(6)23(29)32-19(18)24(8,10-2)16(14(7)20(25)26)17(15)30-21(27)11(3)4/h9-11,15-19H,2,6-7H2,1,3-5,8H3,(H,25,26)/b12-9-/t15-,16-,17-,18-,19-,24+/m0/s1. The number of fused-ring (bicyclic) bond motifs is 2. The van der Waals surface area contributed by atoms with E-state index in [2.05, 4.69) is 19.7 Å². The summed E-state index contributed by atoms with van der Waals surface area (Å²) < 4.78 is 17.1. The topological polar surface area (TPSA) is 116 Å². The number of rotatable bonds is 7. The van der Waals surface area contributed by atoms with Crippen molar-refractivity contribution >= 4 is 23.9 Å². The van der Waals surface area contributed by atoms with E-state index in [1.165, 1.54) is 6.08 Å². The highest BCUT2D eigenvalue weighted by molar-refractivity contribution is 5.92. The van der Waals surface area contributed by atoms with Crippen molar-refractivity contribution in [3.05, 3.63) is 48.6 Å². The van der Waals surface area contributed by atoms with Crippen LogP contribution in [0.2, 0.25) is 0 Å². The van der Waals surface area contributed by atoms with Crippen molar-refractivity contribution < 1.29 is 38.5 Å². The highest BCUT2D eigenvalue weighted by Gasteiger charge is 2.65. The summed E-state index contributed by atoms with van der Waals surface area (Å²) in [5, 5.41) is 9.72. The van der Waals surface area contributed by atoms with E-state index in [0.29, 0.717) is 5.57 Å². The quantitative estimate of drug-likeness (QED) is 0.275. The zero-order chi connectivity index (χ0) is 24.5. The van der Waals surface area contributed by atoms with Gasteiger partial charge in [0.15, 0.2) is 6.10 Å². The van der Waals surface area contributed by atoms with Crippen LogP contribution in [0.1, 0.15) is 34.6 Å². The molecule has 0 aromatic heterocycles. The molecule has 2 fully saturated rings. The maximum Gasteiger partial charge on any atom is 0.334 e. The number of allylic oxidation sites excluding steroid dienone is 1. The molecule has 1 saturated carbocycles. The summed E-state index contributed by atoms with van der Waals surface area (Å²) in [6.07, 6.45) is -0.370. The SMILES string of the molecule is C=C[C@@]1(C)[C@H]2OC(=O)C(=C)[C@H]([C@@H]2OC(=O)/C(C)=C\C)[C@H](OC(=O)C(C)C)[C@@H]1C(=C)C(=O)O. The molecule has 0 unspecified atom stereocenters. The van der Waals surface area contributed by atoms with Crippen LogP contribution in [0.25, 0.3) is 0 Å². The van der Waals surface area contributed by atoms with Crippen LogP contribution in [0.3, 0.4) is 0 Å². The van der Waals surface area contributed by atoms with Gasteiger partial charge in [0.1, 0.15) is 12.2 Å². The van der Waals surface area contributed by atoms with Crippen molar-refractivity contribution in [3.8, 4) is 0 Å². The van der Waals surface area contributed by atoms with Gasteiger partial charge in [0.2, 0.25) is 0 Å². The van der Waals surface area contributed by atoms with Gasteiger partial charge in [0.25, 0.3) is 0 Å². The van der Waals surface area contributed by atoms with Gasteiger partial charge in [0.05, 0.1) is 11.8 Å². The summed E-state index contributed by atoms with van der Waals surface area (Å²) in [7, 11) is 0. The van der Waals surface area contributed by atoms with Crippen LogP contribution in [0.4, 0.5) is 0 Å². The fourth-order valence-electron chi connectivity index (χ4n) is 4.22. The zero-order valence-corrected chi connectivity index (χ0v) is 19.0. The molecule has 2 rings (SSSR count). The minimum atomic E-state index is -1.30. The smallest absolute Gasteiger partial charge is 0.334 e. The van der Waals surface area contributed by atoms with Gasteiger partial charge in [-0.1, -0.05) is 46.1 Å². The molecule has 6 atom stereocenters. The van der Waals surface area contributed by atoms with Crippen LogP contribution >= 0.6 is 0 Å². The Morgan fingerprint density at radius 3 is 2.28 bits per heavy atom. The molecule has 32 heavy (non-hydrogen) atoms. The Kier molecular flexibility index (Phi) is 7.17. The molecular formula is C24H30O8. The second-order valence-electron chi connectivity index (χ2n) is 8.65. The summed E-state index contributed by atoms with van der Waals surface area (Å²) >= 11 is 0. The predicted molar refractivity (Wildman–Crippen MR) is 115 cm³/mol. The number of carboxylic acid groups (broad SMARTS) is 1. The van der Waals surface area contributed by atoms with Crippen LogP contribution in [0.15, 0.2) is 48.6 Å². The van der Waals surface area contributed by atoms with Crippen molar-refractivity contribution in [3.63, 3.8) is 0 Å². The highest BCUT2D eigenvalue weighted by Crippen LogP contribution is 2.55. The zero-order valence-electron chi connectivity index (χ0n) is 19.0. The molecular weight excluding hydrogens is 416 g/mol. The van der Waals surface area contributed by atoms with E-state index < -0.39 is 65.4 Å². The molecule has 1 aliphatic heterocycles.